The van der Waals surface area contributed by atoms with Crippen LogP contribution in [0.1, 0.15) is 40.5 Å². The number of rotatable bonds is 2. The summed E-state index contributed by atoms with van der Waals surface area (Å²) >= 11 is 0. The summed E-state index contributed by atoms with van der Waals surface area (Å²) in [6, 6.07) is 0. The molecule has 0 unspecified atom stereocenters. The quantitative estimate of drug-likeness (QED) is 0.746. The van der Waals surface area contributed by atoms with Gasteiger partial charge in [-0.25, -0.2) is 0 Å². The molecule has 0 radical (unpaired) electrons. The molecule has 5 heteroatoms. The smallest absolute Gasteiger partial charge is 0.304 e. The molecule has 92 valence electrons. The summed E-state index contributed by atoms with van der Waals surface area (Å²) in [4.78, 5) is 22.6. The van der Waals surface area contributed by atoms with E-state index in [0.29, 0.717) is 0 Å². The highest BCUT2D eigenvalue weighted by molar-refractivity contribution is 5.87. The van der Waals surface area contributed by atoms with E-state index in [1.165, 1.54) is 0 Å². The van der Waals surface area contributed by atoms with Crippen LogP contribution < -0.4 is 0 Å². The molecule has 1 aliphatic rings. The van der Waals surface area contributed by atoms with Crippen molar-refractivity contribution in [2.24, 2.45) is 5.92 Å². The molecule has 1 saturated heterocycles. The van der Waals surface area contributed by atoms with E-state index in [-0.39, 0.29) is 18.6 Å². The number of Topliss-reactive ketones (excluding diaryl/α,β-unsaturated/α-hetero) is 1. The molecule has 16 heavy (non-hydrogen) atoms. The molecule has 0 aromatic heterocycles. The van der Waals surface area contributed by atoms with Crippen LogP contribution in [-0.4, -0.2) is 38.2 Å². The molecule has 2 N–H and O–H groups in total. The van der Waals surface area contributed by atoms with Crippen LogP contribution in [0.25, 0.3) is 0 Å². The van der Waals surface area contributed by atoms with E-state index >= 15 is 0 Å². The molecule has 1 atom stereocenters. The standard InChI is InChI=1S/C11H19NO4/c1-10(2)6-8(13)7(5-9(14)15)11(3,4)12(10)16/h7,16H,5-6H2,1-4H3,(H,14,15)/t7-/m1/s1. The Morgan fingerprint density at radius 2 is 1.94 bits per heavy atom. The van der Waals surface area contributed by atoms with Gasteiger partial charge in [0.05, 0.1) is 12.0 Å². The fraction of sp³-hybridized carbons (Fsp3) is 0.818. The maximum Gasteiger partial charge on any atom is 0.304 e. The molecule has 1 aliphatic heterocycles. The number of nitrogens with zero attached hydrogens (tertiary/aromatic N) is 1. The van der Waals surface area contributed by atoms with Crippen molar-refractivity contribution in [3.8, 4) is 0 Å². The molecular formula is C11H19NO4. The van der Waals surface area contributed by atoms with Crippen molar-refractivity contribution >= 4 is 11.8 Å². The Hall–Kier alpha value is -0.940. The highest BCUT2D eigenvalue weighted by Gasteiger charge is 2.51. The maximum atomic E-state index is 11.9. The first-order valence-corrected chi connectivity index (χ1v) is 5.33. The molecule has 0 aromatic rings. The minimum absolute atomic E-state index is 0.0947. The average Bonchev–Trinajstić information content (AvgIpc) is 2.09. The van der Waals surface area contributed by atoms with Crippen LogP contribution in [0.4, 0.5) is 0 Å². The summed E-state index contributed by atoms with van der Waals surface area (Å²) in [5.41, 5.74) is -1.49. The van der Waals surface area contributed by atoms with Crippen LogP contribution in [0.15, 0.2) is 0 Å². The summed E-state index contributed by atoms with van der Waals surface area (Å²) in [5.74, 6) is -1.77. The van der Waals surface area contributed by atoms with Gasteiger partial charge < -0.3 is 10.3 Å². The van der Waals surface area contributed by atoms with E-state index < -0.39 is 23.0 Å². The van der Waals surface area contributed by atoms with Crippen molar-refractivity contribution in [2.75, 3.05) is 0 Å². The van der Waals surface area contributed by atoms with Gasteiger partial charge in [0.1, 0.15) is 5.78 Å². The first-order chi connectivity index (χ1) is 7.09. The topological polar surface area (TPSA) is 77.8 Å². The zero-order valence-corrected chi connectivity index (χ0v) is 10.1. The second kappa shape index (κ2) is 3.82. The van der Waals surface area contributed by atoms with Gasteiger partial charge in [0.25, 0.3) is 0 Å². The third kappa shape index (κ3) is 2.10. The van der Waals surface area contributed by atoms with Gasteiger partial charge in [0.2, 0.25) is 0 Å². The molecule has 5 nitrogen and oxygen atoms in total. The van der Waals surface area contributed by atoms with Gasteiger partial charge in [-0.05, 0) is 27.7 Å². The van der Waals surface area contributed by atoms with E-state index in [9.17, 15) is 14.8 Å². The molecule has 0 saturated carbocycles. The van der Waals surface area contributed by atoms with Crippen LogP contribution in [0.3, 0.4) is 0 Å². The number of carbonyl (C=O) groups is 2. The molecule has 0 aromatic carbocycles. The van der Waals surface area contributed by atoms with E-state index in [1.807, 2.05) is 0 Å². The number of ketones is 1. The number of piperidine rings is 1. The largest absolute Gasteiger partial charge is 0.481 e. The first kappa shape index (κ1) is 13.1. The van der Waals surface area contributed by atoms with Gasteiger partial charge in [-0.2, -0.15) is 5.06 Å². The van der Waals surface area contributed by atoms with Crippen molar-refractivity contribution in [2.45, 2.75) is 51.6 Å². The molecule has 0 aliphatic carbocycles. The lowest BCUT2D eigenvalue weighted by atomic mass is 9.72. The van der Waals surface area contributed by atoms with Crippen LogP contribution in [0.2, 0.25) is 0 Å². The van der Waals surface area contributed by atoms with E-state index in [0.717, 1.165) is 5.06 Å². The Bertz CT molecular complexity index is 322. The van der Waals surface area contributed by atoms with E-state index in [4.69, 9.17) is 5.11 Å². The lowest BCUT2D eigenvalue weighted by Gasteiger charge is -2.51. The van der Waals surface area contributed by atoms with Gasteiger partial charge >= 0.3 is 5.97 Å². The molecule has 1 fully saturated rings. The van der Waals surface area contributed by atoms with E-state index in [2.05, 4.69) is 0 Å². The van der Waals surface area contributed by atoms with Crippen molar-refractivity contribution in [1.82, 2.24) is 5.06 Å². The number of hydroxylamine groups is 2. The predicted molar refractivity (Wildman–Crippen MR) is 57.2 cm³/mol. The SMILES string of the molecule is CC1(C)CC(=O)[C@@H](CC(=O)O)C(C)(C)N1O. The summed E-state index contributed by atoms with van der Waals surface area (Å²) in [5, 5.41) is 20.0. The monoisotopic (exact) mass is 229 g/mol. The second-order valence-electron chi connectivity index (χ2n) is 5.57. The van der Waals surface area contributed by atoms with E-state index in [1.54, 1.807) is 27.7 Å². The average molecular weight is 229 g/mol. The Balaban J connectivity index is 3.03. The number of carboxylic acids is 1. The zero-order valence-electron chi connectivity index (χ0n) is 10.1. The zero-order chi connectivity index (χ0) is 12.7. The summed E-state index contributed by atoms with van der Waals surface area (Å²) in [7, 11) is 0. The Labute approximate surface area is 95.0 Å². The van der Waals surface area contributed by atoms with Crippen molar-refractivity contribution < 1.29 is 19.9 Å². The lowest BCUT2D eigenvalue weighted by Crippen LogP contribution is -2.64. The minimum atomic E-state index is -1.01. The number of hydrogen-bond acceptors (Lipinski definition) is 4. The Morgan fingerprint density at radius 1 is 1.44 bits per heavy atom. The fourth-order valence-electron chi connectivity index (χ4n) is 2.48. The Morgan fingerprint density at radius 3 is 2.38 bits per heavy atom. The third-order valence-corrected chi connectivity index (χ3v) is 3.35. The van der Waals surface area contributed by atoms with Crippen molar-refractivity contribution in [3.05, 3.63) is 0 Å². The maximum absolute atomic E-state index is 11.9. The molecule has 0 spiro atoms. The van der Waals surface area contributed by atoms with Gasteiger partial charge in [-0.3, -0.25) is 9.59 Å². The summed E-state index contributed by atoms with van der Waals surface area (Å²) < 4.78 is 0. The lowest BCUT2D eigenvalue weighted by molar-refractivity contribution is -0.251. The highest BCUT2D eigenvalue weighted by Crippen LogP contribution is 2.39. The van der Waals surface area contributed by atoms with Gasteiger partial charge in [0, 0.05) is 17.9 Å². The predicted octanol–water partition coefficient (Wildman–Crippen LogP) is 1.30. The second-order valence-corrected chi connectivity index (χ2v) is 5.57. The number of aliphatic carboxylic acids is 1. The number of carbonyl (C=O) groups excluding carboxylic acids is 1. The van der Waals surface area contributed by atoms with Crippen LogP contribution in [-0.2, 0) is 9.59 Å². The van der Waals surface area contributed by atoms with Crippen LogP contribution in [0.5, 0.6) is 0 Å². The highest BCUT2D eigenvalue weighted by atomic mass is 16.5. The number of hydrogen-bond donors (Lipinski definition) is 2. The van der Waals surface area contributed by atoms with Gasteiger partial charge in [0.15, 0.2) is 0 Å². The molecule has 0 bridgehead atoms. The summed E-state index contributed by atoms with van der Waals surface area (Å²) in [6.45, 7) is 6.92. The molecular weight excluding hydrogens is 210 g/mol. The van der Waals surface area contributed by atoms with Crippen molar-refractivity contribution in [3.63, 3.8) is 0 Å². The first-order valence-electron chi connectivity index (χ1n) is 5.33. The minimum Gasteiger partial charge on any atom is -0.481 e. The van der Waals surface area contributed by atoms with Crippen LogP contribution >= 0.6 is 0 Å². The van der Waals surface area contributed by atoms with Gasteiger partial charge in [-0.1, -0.05) is 0 Å². The molecule has 0 amide bonds. The molecule has 1 heterocycles. The van der Waals surface area contributed by atoms with Crippen LogP contribution in [0, 0.1) is 5.92 Å². The summed E-state index contributed by atoms with van der Waals surface area (Å²) in [6.07, 6.45) is -0.0656. The van der Waals surface area contributed by atoms with Gasteiger partial charge in [-0.15, -0.1) is 0 Å². The normalized spacial score (nSPS) is 29.1. The van der Waals surface area contributed by atoms with Crippen molar-refractivity contribution in [1.29, 1.82) is 0 Å². The molecule has 1 rings (SSSR count). The third-order valence-electron chi connectivity index (χ3n) is 3.35. The Kier molecular flexibility index (Phi) is 3.13. The number of carboxylic acid groups (broad SMARTS) is 1. The fourth-order valence-corrected chi connectivity index (χ4v) is 2.48.